The Balaban J connectivity index is 1.79. The van der Waals surface area contributed by atoms with E-state index in [4.69, 9.17) is 4.74 Å². The fourth-order valence-electron chi connectivity index (χ4n) is 2.05. The molecule has 1 N–H and O–H groups in total. The molecule has 0 bridgehead atoms. The second-order valence-electron chi connectivity index (χ2n) is 5.02. The van der Waals surface area contributed by atoms with Crippen LogP contribution in [0.1, 0.15) is 26.2 Å². The third kappa shape index (κ3) is 5.34. The fraction of sp³-hybridized carbons (Fsp3) is 0.375. The quantitative estimate of drug-likeness (QED) is 0.500. The normalized spacial score (nSPS) is 19.4. The van der Waals surface area contributed by atoms with Gasteiger partial charge in [0, 0.05) is 10.7 Å². The maximum absolute atomic E-state index is 11.9. The minimum absolute atomic E-state index is 0.252. The third-order valence-corrected chi connectivity index (χ3v) is 3.74. The largest absolute Gasteiger partial charge is 0.481 e. The maximum Gasteiger partial charge on any atom is 0.280 e. The van der Waals surface area contributed by atoms with Crippen molar-refractivity contribution in [1.82, 2.24) is 5.43 Å². The molecule has 2 atom stereocenters. The van der Waals surface area contributed by atoms with E-state index in [9.17, 15) is 4.79 Å². The molecule has 0 saturated carbocycles. The van der Waals surface area contributed by atoms with E-state index >= 15 is 0 Å². The Hall–Kier alpha value is -1.62. The van der Waals surface area contributed by atoms with Crippen molar-refractivity contribution < 1.29 is 9.53 Å². The number of benzene rings is 1. The zero-order valence-electron chi connectivity index (χ0n) is 12.0. The molecular formula is C16H19BrN2O2. The molecular weight excluding hydrogens is 332 g/mol. The second-order valence-corrected chi connectivity index (χ2v) is 5.93. The number of nitrogens with one attached hydrogen (secondary N) is 1. The van der Waals surface area contributed by atoms with Gasteiger partial charge in [0.25, 0.3) is 5.91 Å². The van der Waals surface area contributed by atoms with Gasteiger partial charge in [0.15, 0.2) is 6.10 Å². The number of hydrogen-bond donors (Lipinski definition) is 1. The van der Waals surface area contributed by atoms with Crippen LogP contribution in [0.5, 0.6) is 5.75 Å². The summed E-state index contributed by atoms with van der Waals surface area (Å²) in [6.45, 7) is 1.70. The monoisotopic (exact) mass is 350 g/mol. The first-order chi connectivity index (χ1) is 10.1. The van der Waals surface area contributed by atoms with Crippen LogP contribution in [0.15, 0.2) is 46.0 Å². The molecule has 0 saturated heterocycles. The molecule has 1 amide bonds. The zero-order chi connectivity index (χ0) is 15.1. The summed E-state index contributed by atoms with van der Waals surface area (Å²) in [5.41, 5.74) is 2.53. The highest BCUT2D eigenvalue weighted by molar-refractivity contribution is 9.10. The molecule has 0 fully saturated rings. The van der Waals surface area contributed by atoms with Crippen molar-refractivity contribution >= 4 is 28.1 Å². The lowest BCUT2D eigenvalue weighted by Gasteiger charge is -2.14. The molecule has 5 heteroatoms. The summed E-state index contributed by atoms with van der Waals surface area (Å²) in [7, 11) is 0. The number of carbonyl (C=O) groups is 1. The van der Waals surface area contributed by atoms with Gasteiger partial charge in [-0.3, -0.25) is 4.79 Å². The molecule has 1 aromatic rings. The predicted molar refractivity (Wildman–Crippen MR) is 87.3 cm³/mol. The van der Waals surface area contributed by atoms with Crippen LogP contribution in [0.4, 0.5) is 0 Å². The Morgan fingerprint density at radius 1 is 1.52 bits per heavy atom. The van der Waals surface area contributed by atoms with Gasteiger partial charge in [-0.15, -0.1) is 0 Å². The molecule has 0 aliphatic heterocycles. The molecule has 0 heterocycles. The number of ether oxygens (including phenoxy) is 1. The molecule has 0 radical (unpaired) electrons. The molecule has 112 valence electrons. The van der Waals surface area contributed by atoms with E-state index in [2.05, 4.69) is 38.6 Å². The van der Waals surface area contributed by atoms with Crippen molar-refractivity contribution in [3.05, 3.63) is 40.9 Å². The molecule has 2 rings (SSSR count). The molecule has 4 nitrogen and oxygen atoms in total. The molecule has 0 unspecified atom stereocenters. The summed E-state index contributed by atoms with van der Waals surface area (Å²) in [6, 6.07) is 7.40. The number of amides is 1. The number of halogens is 1. The van der Waals surface area contributed by atoms with E-state index in [1.165, 1.54) is 0 Å². The Labute approximate surface area is 133 Å². The molecule has 1 aliphatic carbocycles. The first-order valence-corrected chi connectivity index (χ1v) is 7.84. The van der Waals surface area contributed by atoms with Gasteiger partial charge in [-0.2, -0.15) is 5.10 Å². The Morgan fingerprint density at radius 3 is 3.10 bits per heavy atom. The highest BCUT2D eigenvalue weighted by Gasteiger charge is 2.14. The zero-order valence-corrected chi connectivity index (χ0v) is 13.5. The minimum atomic E-state index is -0.595. The van der Waals surface area contributed by atoms with Crippen LogP contribution in [0.25, 0.3) is 0 Å². The molecule has 0 aromatic heterocycles. The second kappa shape index (κ2) is 7.98. The summed E-state index contributed by atoms with van der Waals surface area (Å²) >= 11 is 3.37. The Kier molecular flexibility index (Phi) is 5.99. The minimum Gasteiger partial charge on any atom is -0.481 e. The molecule has 1 aliphatic rings. The van der Waals surface area contributed by atoms with E-state index in [-0.39, 0.29) is 5.91 Å². The van der Waals surface area contributed by atoms with Crippen molar-refractivity contribution in [1.29, 1.82) is 0 Å². The fourth-order valence-corrected chi connectivity index (χ4v) is 2.43. The summed E-state index contributed by atoms with van der Waals surface area (Å²) in [4.78, 5) is 11.9. The lowest BCUT2D eigenvalue weighted by Crippen LogP contribution is -2.33. The number of nitrogens with zero attached hydrogens (tertiary/aromatic N) is 1. The smallest absolute Gasteiger partial charge is 0.280 e. The van der Waals surface area contributed by atoms with Gasteiger partial charge in [-0.05, 0) is 50.3 Å². The standard InChI is InChI=1S/C16H19BrN2O2/c1-12(21-15-9-5-8-14(17)10-15)16(20)19-18-11-13-6-3-2-4-7-13/h2-3,5,8-13H,4,6-7H2,1H3,(H,19,20)/b18-11-/t12-,13-/m1/s1. The van der Waals surface area contributed by atoms with Crippen molar-refractivity contribution in [3.8, 4) is 5.75 Å². The number of rotatable bonds is 5. The summed E-state index contributed by atoms with van der Waals surface area (Å²) in [5, 5.41) is 4.03. The number of allylic oxidation sites excluding steroid dienone is 2. The van der Waals surface area contributed by atoms with Crippen LogP contribution in [-0.4, -0.2) is 18.2 Å². The number of hydrazone groups is 1. The lowest BCUT2D eigenvalue weighted by molar-refractivity contribution is -0.127. The number of hydrogen-bond acceptors (Lipinski definition) is 3. The molecule has 21 heavy (non-hydrogen) atoms. The SMILES string of the molecule is C[C@@H](Oc1cccc(Br)c1)C(=O)N/N=C\[C@@H]1CC=CCC1. The first-order valence-electron chi connectivity index (χ1n) is 7.05. The average Bonchev–Trinajstić information content (AvgIpc) is 2.48. The lowest BCUT2D eigenvalue weighted by atomic mass is 9.96. The van der Waals surface area contributed by atoms with Crippen molar-refractivity contribution in [3.63, 3.8) is 0 Å². The van der Waals surface area contributed by atoms with Crippen LogP contribution < -0.4 is 10.2 Å². The van der Waals surface area contributed by atoms with Crippen molar-refractivity contribution in [2.45, 2.75) is 32.3 Å². The third-order valence-electron chi connectivity index (χ3n) is 3.25. The Morgan fingerprint density at radius 2 is 2.38 bits per heavy atom. The van der Waals surface area contributed by atoms with E-state index in [0.717, 1.165) is 23.7 Å². The van der Waals surface area contributed by atoms with E-state index in [0.29, 0.717) is 11.7 Å². The summed E-state index contributed by atoms with van der Waals surface area (Å²) in [5.74, 6) is 0.808. The van der Waals surface area contributed by atoms with Crippen LogP contribution >= 0.6 is 15.9 Å². The predicted octanol–water partition coefficient (Wildman–Crippen LogP) is 3.67. The van der Waals surface area contributed by atoms with Gasteiger partial charge >= 0.3 is 0 Å². The van der Waals surface area contributed by atoms with E-state index < -0.39 is 6.10 Å². The van der Waals surface area contributed by atoms with Gasteiger partial charge in [0.2, 0.25) is 0 Å². The number of carbonyl (C=O) groups excluding carboxylic acids is 1. The maximum atomic E-state index is 11.9. The van der Waals surface area contributed by atoms with Crippen LogP contribution in [0, 0.1) is 5.92 Å². The van der Waals surface area contributed by atoms with Crippen molar-refractivity contribution in [2.75, 3.05) is 0 Å². The highest BCUT2D eigenvalue weighted by atomic mass is 79.9. The Bertz CT molecular complexity index is 543. The van der Waals surface area contributed by atoms with Crippen LogP contribution in [0.3, 0.4) is 0 Å². The van der Waals surface area contributed by atoms with Crippen molar-refractivity contribution in [2.24, 2.45) is 11.0 Å². The molecule has 0 spiro atoms. The van der Waals surface area contributed by atoms with E-state index in [1.54, 1.807) is 6.92 Å². The summed E-state index contributed by atoms with van der Waals surface area (Å²) in [6.07, 6.45) is 8.70. The molecule has 1 aromatic carbocycles. The van der Waals surface area contributed by atoms with Crippen LogP contribution in [0.2, 0.25) is 0 Å². The van der Waals surface area contributed by atoms with Gasteiger partial charge < -0.3 is 4.74 Å². The van der Waals surface area contributed by atoms with Crippen LogP contribution in [-0.2, 0) is 4.79 Å². The van der Waals surface area contributed by atoms with Gasteiger partial charge in [-0.25, -0.2) is 5.43 Å². The van der Waals surface area contributed by atoms with E-state index in [1.807, 2.05) is 30.5 Å². The van der Waals surface area contributed by atoms with Gasteiger partial charge in [0.05, 0.1) is 0 Å². The summed E-state index contributed by atoms with van der Waals surface area (Å²) < 4.78 is 6.49. The first kappa shape index (κ1) is 15.8. The highest BCUT2D eigenvalue weighted by Crippen LogP contribution is 2.19. The van der Waals surface area contributed by atoms with Gasteiger partial charge in [-0.1, -0.05) is 34.1 Å². The topological polar surface area (TPSA) is 50.7 Å². The average molecular weight is 351 g/mol. The van der Waals surface area contributed by atoms with Gasteiger partial charge in [0.1, 0.15) is 5.75 Å².